The first-order chi connectivity index (χ1) is 17.5. The number of amides is 3. The smallest absolute Gasteiger partial charge is 0.250 e. The number of aromatic amines is 1. The third-order valence-electron chi connectivity index (χ3n) is 7.83. The second-order valence-electron chi connectivity index (χ2n) is 9.66. The monoisotopic (exact) mass is 478 g/mol. The lowest BCUT2D eigenvalue weighted by Crippen LogP contribution is -2.53. The Morgan fingerprint density at radius 2 is 1.69 bits per heavy atom. The zero-order valence-corrected chi connectivity index (χ0v) is 19.1. The summed E-state index contributed by atoms with van der Waals surface area (Å²) >= 11 is 0. The average molecular weight is 479 g/mol. The maximum Gasteiger partial charge on any atom is 0.250 e. The molecule has 0 radical (unpaired) electrons. The second-order valence-corrected chi connectivity index (χ2v) is 9.66. The number of anilines is 2. The fourth-order valence-electron chi connectivity index (χ4n) is 6.34. The number of carbonyl (C=O) groups is 3. The van der Waals surface area contributed by atoms with Gasteiger partial charge >= 0.3 is 0 Å². The molecule has 7 rings (SSSR count). The van der Waals surface area contributed by atoms with E-state index in [9.17, 15) is 19.5 Å². The fraction of sp³-hybridized carbons (Fsp3) is 0.179. The minimum Gasteiger partial charge on any atom is -0.508 e. The van der Waals surface area contributed by atoms with Crippen molar-refractivity contribution < 1.29 is 19.5 Å². The first-order valence-electron chi connectivity index (χ1n) is 11.9. The number of hydrogen-bond donors (Lipinski definition) is 4. The summed E-state index contributed by atoms with van der Waals surface area (Å²) < 4.78 is 0. The number of imide groups is 1. The van der Waals surface area contributed by atoms with Crippen LogP contribution in [0.5, 0.6) is 5.75 Å². The van der Waals surface area contributed by atoms with Gasteiger partial charge in [0, 0.05) is 34.4 Å². The Bertz CT molecular complexity index is 1580. The first-order valence-corrected chi connectivity index (χ1v) is 11.9. The molecule has 0 saturated carbocycles. The lowest BCUT2D eigenvalue weighted by molar-refractivity contribution is -0.130. The van der Waals surface area contributed by atoms with Gasteiger partial charge in [0.25, 0.3) is 0 Å². The van der Waals surface area contributed by atoms with E-state index < -0.39 is 23.4 Å². The van der Waals surface area contributed by atoms with E-state index in [-0.39, 0.29) is 23.5 Å². The summed E-state index contributed by atoms with van der Waals surface area (Å²) in [6.07, 6.45) is 2.24. The number of aromatic nitrogens is 1. The number of rotatable bonds is 3. The molecular weight excluding hydrogens is 456 g/mol. The van der Waals surface area contributed by atoms with Gasteiger partial charge in [-0.1, -0.05) is 36.4 Å². The molecule has 3 aliphatic heterocycles. The normalized spacial score (nSPS) is 26.6. The Balaban J connectivity index is 1.38. The number of fused-ring (bicyclic) bond motifs is 5. The molecular formula is C28H22N4O4. The van der Waals surface area contributed by atoms with Crippen LogP contribution >= 0.6 is 0 Å². The molecule has 4 N–H and O–H groups in total. The Hall–Kier alpha value is -4.43. The van der Waals surface area contributed by atoms with Gasteiger partial charge in [-0.05, 0) is 48.4 Å². The lowest BCUT2D eigenvalue weighted by atomic mass is 9.76. The summed E-state index contributed by atoms with van der Waals surface area (Å²) in [4.78, 5) is 45.9. The van der Waals surface area contributed by atoms with E-state index in [1.54, 1.807) is 42.5 Å². The molecule has 0 aliphatic carbocycles. The van der Waals surface area contributed by atoms with Crippen LogP contribution in [0.1, 0.15) is 11.1 Å². The van der Waals surface area contributed by atoms with Gasteiger partial charge in [0.2, 0.25) is 17.7 Å². The number of carbonyl (C=O) groups excluding carboxylic acids is 3. The Kier molecular flexibility index (Phi) is 4.23. The average Bonchev–Trinajstić information content (AvgIpc) is 3.58. The van der Waals surface area contributed by atoms with Gasteiger partial charge in [0.15, 0.2) is 0 Å². The van der Waals surface area contributed by atoms with Crippen molar-refractivity contribution in [3.8, 4) is 5.75 Å². The van der Waals surface area contributed by atoms with E-state index in [1.165, 1.54) is 4.90 Å². The molecule has 8 heteroatoms. The third kappa shape index (κ3) is 2.64. The van der Waals surface area contributed by atoms with E-state index >= 15 is 0 Å². The lowest BCUT2D eigenvalue weighted by Gasteiger charge is -2.29. The molecule has 178 valence electrons. The van der Waals surface area contributed by atoms with E-state index in [1.807, 2.05) is 36.5 Å². The molecule has 3 aromatic carbocycles. The van der Waals surface area contributed by atoms with Crippen LogP contribution in [0.4, 0.5) is 11.4 Å². The Morgan fingerprint density at radius 3 is 2.53 bits per heavy atom. The highest BCUT2D eigenvalue weighted by molar-refractivity contribution is 6.25. The topological polar surface area (TPSA) is 115 Å². The minimum atomic E-state index is -1.35. The summed E-state index contributed by atoms with van der Waals surface area (Å²) in [5.41, 5.74) is 2.22. The summed E-state index contributed by atoms with van der Waals surface area (Å²) in [7, 11) is 0. The molecule has 4 aromatic rings. The molecule has 4 atom stereocenters. The maximum absolute atomic E-state index is 14.0. The van der Waals surface area contributed by atoms with Crippen molar-refractivity contribution in [1.82, 2.24) is 10.3 Å². The number of nitrogens with zero attached hydrogens (tertiary/aromatic N) is 1. The first kappa shape index (κ1) is 20.9. The standard InChI is InChI=1S/C28H22N4O4/c33-17-10-11-20-18(13-17)15(14-29-20)12-22-23-24(26(35)32(25(23)34)16-6-2-1-3-7-16)28(31-22)19-8-4-5-9-21(19)30-27(28)36/h1-11,13-14,22-24,29,31,33H,12H2,(H,30,36). The van der Waals surface area contributed by atoms with Gasteiger partial charge in [-0.2, -0.15) is 0 Å². The molecule has 8 nitrogen and oxygen atoms in total. The fourth-order valence-corrected chi connectivity index (χ4v) is 6.34. The molecule has 3 amide bonds. The Labute approximate surface area is 205 Å². The molecule has 0 bridgehead atoms. The Morgan fingerprint density at radius 1 is 0.917 bits per heavy atom. The van der Waals surface area contributed by atoms with Gasteiger partial charge in [0.05, 0.1) is 17.5 Å². The summed E-state index contributed by atoms with van der Waals surface area (Å²) in [6, 6.07) is 20.8. The SMILES string of the molecule is O=C1C2C(Cc3c[nH]c4ccc(O)cc34)NC3(C(=O)Nc4ccccc43)C2C(=O)N1c1ccccc1. The molecule has 3 aliphatic rings. The maximum atomic E-state index is 14.0. The highest BCUT2D eigenvalue weighted by Crippen LogP contribution is 2.54. The highest BCUT2D eigenvalue weighted by atomic mass is 16.3. The molecule has 1 aromatic heterocycles. The predicted octanol–water partition coefficient (Wildman–Crippen LogP) is 3.04. The number of H-pyrrole nitrogens is 1. The van der Waals surface area contributed by atoms with Gasteiger partial charge < -0.3 is 15.4 Å². The van der Waals surface area contributed by atoms with Crippen LogP contribution in [-0.4, -0.2) is 33.9 Å². The van der Waals surface area contributed by atoms with Crippen molar-refractivity contribution in [2.45, 2.75) is 18.0 Å². The van der Waals surface area contributed by atoms with Crippen LogP contribution in [0.25, 0.3) is 10.9 Å². The number of aromatic hydroxyl groups is 1. The van der Waals surface area contributed by atoms with Gasteiger partial charge in [-0.15, -0.1) is 0 Å². The van der Waals surface area contributed by atoms with E-state index in [2.05, 4.69) is 15.6 Å². The number of hydrogen-bond acceptors (Lipinski definition) is 5. The van der Waals surface area contributed by atoms with Crippen LogP contribution < -0.4 is 15.5 Å². The van der Waals surface area contributed by atoms with E-state index in [0.717, 1.165) is 16.5 Å². The summed E-state index contributed by atoms with van der Waals surface area (Å²) in [5.74, 6) is -2.51. The van der Waals surface area contributed by atoms with Crippen LogP contribution in [-0.2, 0) is 26.3 Å². The van der Waals surface area contributed by atoms with Crippen molar-refractivity contribution in [3.05, 3.63) is 90.1 Å². The van der Waals surface area contributed by atoms with Gasteiger partial charge in [-0.25, -0.2) is 4.90 Å². The van der Waals surface area contributed by atoms with Gasteiger partial charge in [0.1, 0.15) is 11.3 Å². The predicted molar refractivity (Wildman–Crippen MR) is 133 cm³/mol. The molecule has 2 saturated heterocycles. The van der Waals surface area contributed by atoms with Crippen molar-refractivity contribution in [3.63, 3.8) is 0 Å². The quantitative estimate of drug-likeness (QED) is 0.338. The molecule has 2 fully saturated rings. The van der Waals surface area contributed by atoms with E-state index in [0.29, 0.717) is 23.4 Å². The minimum absolute atomic E-state index is 0.142. The number of phenols is 1. The van der Waals surface area contributed by atoms with Crippen LogP contribution in [0.3, 0.4) is 0 Å². The highest BCUT2D eigenvalue weighted by Gasteiger charge is 2.70. The van der Waals surface area contributed by atoms with Gasteiger partial charge in [-0.3, -0.25) is 19.7 Å². The van der Waals surface area contributed by atoms with Crippen molar-refractivity contribution in [2.24, 2.45) is 11.8 Å². The molecule has 36 heavy (non-hydrogen) atoms. The molecule has 4 unspecified atom stereocenters. The molecule has 4 heterocycles. The second kappa shape index (κ2) is 7.29. The number of phenolic OH excluding ortho intramolecular Hbond substituents is 1. The summed E-state index contributed by atoms with van der Waals surface area (Å²) in [6.45, 7) is 0. The van der Waals surface area contributed by atoms with Crippen LogP contribution in [0.2, 0.25) is 0 Å². The van der Waals surface area contributed by atoms with E-state index in [4.69, 9.17) is 0 Å². The number of para-hydroxylation sites is 2. The van der Waals surface area contributed by atoms with Crippen molar-refractivity contribution in [2.75, 3.05) is 10.2 Å². The zero-order valence-electron chi connectivity index (χ0n) is 19.1. The number of nitrogens with one attached hydrogen (secondary N) is 3. The van der Waals surface area contributed by atoms with Crippen LogP contribution in [0, 0.1) is 11.8 Å². The van der Waals surface area contributed by atoms with Crippen molar-refractivity contribution >= 4 is 40.0 Å². The zero-order chi connectivity index (χ0) is 24.6. The third-order valence-corrected chi connectivity index (χ3v) is 7.83. The van der Waals surface area contributed by atoms with Crippen molar-refractivity contribution in [1.29, 1.82) is 0 Å². The number of benzene rings is 3. The molecule has 1 spiro atoms. The largest absolute Gasteiger partial charge is 0.508 e. The summed E-state index contributed by atoms with van der Waals surface area (Å²) in [5, 5.41) is 17.3. The van der Waals surface area contributed by atoms with Crippen LogP contribution in [0.15, 0.2) is 79.0 Å².